The Hall–Kier alpha value is 0.413. The summed E-state index contributed by atoms with van der Waals surface area (Å²) in [5.74, 6) is 0. The summed E-state index contributed by atoms with van der Waals surface area (Å²) in [6, 6.07) is 0. The molecule has 40 valence electrons. The molecule has 0 spiro atoms. The summed E-state index contributed by atoms with van der Waals surface area (Å²) in [6.07, 6.45) is -5.05. The summed E-state index contributed by atoms with van der Waals surface area (Å²) in [7, 11) is 0. The molecule has 0 amide bonds. The second-order valence-corrected chi connectivity index (χ2v) is 0.865. The van der Waals surface area contributed by atoms with E-state index in [2.05, 4.69) is 6.92 Å². The van der Waals surface area contributed by atoms with Gasteiger partial charge in [0.05, 0.1) is 0 Å². The van der Waals surface area contributed by atoms with Crippen LogP contribution in [0.25, 0.3) is 0 Å². The molecule has 0 saturated heterocycles. The Balaban J connectivity index is 0. The smallest absolute Gasteiger partial charge is 0.335 e. The van der Waals surface area contributed by atoms with Crippen LogP contribution in [0.15, 0.2) is 0 Å². The van der Waals surface area contributed by atoms with Gasteiger partial charge in [-0.25, -0.2) is 0 Å². The van der Waals surface area contributed by atoms with Gasteiger partial charge >= 0.3 is 6.18 Å². The van der Waals surface area contributed by atoms with Crippen molar-refractivity contribution in [1.29, 1.82) is 0 Å². The summed E-state index contributed by atoms with van der Waals surface area (Å²) in [4.78, 5) is 0. The van der Waals surface area contributed by atoms with E-state index in [4.69, 9.17) is 0 Å². The third-order valence-corrected chi connectivity index (χ3v) is 0.283. The molecule has 0 heterocycles. The summed E-state index contributed by atoms with van der Waals surface area (Å²) >= 11 is 0. The molecule has 0 saturated carbocycles. The molecule has 0 atom stereocenters. The van der Waals surface area contributed by atoms with Crippen molar-refractivity contribution in [2.75, 3.05) is 0 Å². The Kier molecular flexibility index (Phi) is 5.08. The molecule has 0 aliphatic carbocycles. The minimum atomic E-state index is -4.07. The Bertz CT molecular complexity index is 39.9. The molecular formula is C3H4F3Zn-. The van der Waals surface area contributed by atoms with Crippen LogP contribution in [0.4, 0.5) is 13.2 Å². The summed E-state index contributed by atoms with van der Waals surface area (Å²) < 4.78 is 32.2. The van der Waals surface area contributed by atoms with E-state index < -0.39 is 12.6 Å². The van der Waals surface area contributed by atoms with E-state index in [1.807, 2.05) is 0 Å². The molecule has 0 N–H and O–H groups in total. The molecular weight excluding hydrogens is 158 g/mol. The molecule has 0 nitrogen and oxygen atoms in total. The molecule has 0 aromatic rings. The second kappa shape index (κ2) is 3.42. The van der Waals surface area contributed by atoms with E-state index in [1.54, 1.807) is 0 Å². The zero-order valence-electron chi connectivity index (χ0n) is 3.76. The first-order valence-electron chi connectivity index (χ1n) is 1.42. The Labute approximate surface area is 52.8 Å². The molecule has 0 rings (SSSR count). The molecule has 0 aromatic carbocycles. The SMILES string of the molecule is [CH2-]CC(F)(F)F.[Zn]. The normalized spacial score (nSPS) is 10.3. The monoisotopic (exact) mass is 161 g/mol. The van der Waals surface area contributed by atoms with E-state index in [9.17, 15) is 13.2 Å². The maximum atomic E-state index is 10.7. The zero-order chi connectivity index (χ0) is 5.21. The van der Waals surface area contributed by atoms with Gasteiger partial charge in [0.1, 0.15) is 0 Å². The van der Waals surface area contributed by atoms with Crippen molar-refractivity contribution < 1.29 is 32.6 Å². The standard InChI is InChI=1S/C3H4F3.Zn/c1-2-3(4,5)6;/h1-2H2;/q-1;. The molecule has 0 unspecified atom stereocenters. The maximum Gasteiger partial charge on any atom is 0.363 e. The Morgan fingerprint density at radius 2 is 1.43 bits per heavy atom. The van der Waals surface area contributed by atoms with E-state index >= 15 is 0 Å². The van der Waals surface area contributed by atoms with Gasteiger partial charge in [-0.3, -0.25) is 0 Å². The fourth-order valence-electron chi connectivity index (χ4n) is 0. The molecule has 4 heteroatoms. The quantitative estimate of drug-likeness (QED) is 0.376. The third kappa shape index (κ3) is 10.7. The first kappa shape index (κ1) is 10.4. The number of hydrogen-bond acceptors (Lipinski definition) is 0. The van der Waals surface area contributed by atoms with Crippen LogP contribution in [0.1, 0.15) is 6.42 Å². The van der Waals surface area contributed by atoms with Gasteiger partial charge in [-0.2, -0.15) is 13.2 Å². The van der Waals surface area contributed by atoms with Crippen LogP contribution in [-0.2, 0) is 19.5 Å². The average Bonchev–Trinajstić information content (AvgIpc) is 1.35. The van der Waals surface area contributed by atoms with Crippen LogP contribution in [0.5, 0.6) is 0 Å². The minimum absolute atomic E-state index is 0. The third-order valence-electron chi connectivity index (χ3n) is 0.283. The number of hydrogen-bond donors (Lipinski definition) is 0. The molecule has 0 radical (unpaired) electrons. The van der Waals surface area contributed by atoms with Crippen molar-refractivity contribution in [2.45, 2.75) is 12.6 Å². The average molecular weight is 162 g/mol. The summed E-state index contributed by atoms with van der Waals surface area (Å²) in [6.45, 7) is 2.63. The fourth-order valence-corrected chi connectivity index (χ4v) is 0. The second-order valence-electron chi connectivity index (χ2n) is 0.865. The van der Waals surface area contributed by atoms with Crippen molar-refractivity contribution in [1.82, 2.24) is 0 Å². The summed E-state index contributed by atoms with van der Waals surface area (Å²) in [5, 5.41) is 0. The molecule has 0 fully saturated rings. The van der Waals surface area contributed by atoms with E-state index in [0.717, 1.165) is 0 Å². The van der Waals surface area contributed by atoms with Crippen LogP contribution < -0.4 is 0 Å². The van der Waals surface area contributed by atoms with E-state index in [1.165, 1.54) is 0 Å². The van der Waals surface area contributed by atoms with E-state index in [-0.39, 0.29) is 19.5 Å². The molecule has 0 aromatic heterocycles. The van der Waals surface area contributed by atoms with Gasteiger partial charge in [0.25, 0.3) is 0 Å². The van der Waals surface area contributed by atoms with Gasteiger partial charge in [0, 0.05) is 19.5 Å². The van der Waals surface area contributed by atoms with Crippen LogP contribution >= 0.6 is 0 Å². The number of rotatable bonds is 0. The van der Waals surface area contributed by atoms with Crippen LogP contribution in [0.3, 0.4) is 0 Å². The first-order valence-corrected chi connectivity index (χ1v) is 1.42. The van der Waals surface area contributed by atoms with Gasteiger partial charge in [0.15, 0.2) is 0 Å². The Morgan fingerprint density at radius 1 is 1.29 bits per heavy atom. The first-order chi connectivity index (χ1) is 2.56. The van der Waals surface area contributed by atoms with Gasteiger partial charge in [0.2, 0.25) is 0 Å². The predicted octanol–water partition coefficient (Wildman–Crippen LogP) is 1.77. The number of halogens is 3. The van der Waals surface area contributed by atoms with Gasteiger partial charge in [-0.1, -0.05) is 6.42 Å². The zero-order valence-corrected chi connectivity index (χ0v) is 6.72. The predicted molar refractivity (Wildman–Crippen MR) is 16.0 cm³/mol. The topological polar surface area (TPSA) is 0 Å². The minimum Gasteiger partial charge on any atom is -0.335 e. The van der Waals surface area contributed by atoms with Crippen LogP contribution in [0.2, 0.25) is 0 Å². The molecule has 0 aliphatic heterocycles. The van der Waals surface area contributed by atoms with Gasteiger partial charge in [-0.05, 0) is 0 Å². The van der Waals surface area contributed by atoms with Gasteiger partial charge in [-0.15, -0.1) is 0 Å². The Morgan fingerprint density at radius 3 is 1.43 bits per heavy atom. The van der Waals surface area contributed by atoms with E-state index in [0.29, 0.717) is 0 Å². The van der Waals surface area contributed by atoms with Crippen LogP contribution in [-0.4, -0.2) is 6.18 Å². The number of alkyl halides is 3. The maximum absolute atomic E-state index is 10.7. The van der Waals surface area contributed by atoms with Crippen molar-refractivity contribution >= 4 is 0 Å². The van der Waals surface area contributed by atoms with Crippen molar-refractivity contribution in [2.24, 2.45) is 0 Å². The van der Waals surface area contributed by atoms with Crippen molar-refractivity contribution in [3.05, 3.63) is 6.92 Å². The van der Waals surface area contributed by atoms with Crippen LogP contribution in [0, 0.1) is 6.92 Å². The fraction of sp³-hybridized carbons (Fsp3) is 0.667. The molecule has 0 bridgehead atoms. The van der Waals surface area contributed by atoms with Crippen molar-refractivity contribution in [3.8, 4) is 0 Å². The largest absolute Gasteiger partial charge is 0.363 e. The summed E-state index contributed by atoms with van der Waals surface area (Å²) in [5.41, 5.74) is 0. The molecule has 7 heavy (non-hydrogen) atoms. The van der Waals surface area contributed by atoms with Crippen molar-refractivity contribution in [3.63, 3.8) is 0 Å². The van der Waals surface area contributed by atoms with Gasteiger partial charge < -0.3 is 6.92 Å². The molecule has 0 aliphatic rings.